The van der Waals surface area contributed by atoms with Gasteiger partial charge in [-0.1, -0.05) is 30.3 Å². The van der Waals surface area contributed by atoms with Gasteiger partial charge in [-0.25, -0.2) is 0 Å². The number of amides is 1. The number of hydrogen-bond acceptors (Lipinski definition) is 5. The minimum Gasteiger partial charge on any atom is -0.497 e. The van der Waals surface area contributed by atoms with Crippen LogP contribution in [0.3, 0.4) is 0 Å². The summed E-state index contributed by atoms with van der Waals surface area (Å²) in [6, 6.07) is 21.8. The number of benzene rings is 2. The van der Waals surface area contributed by atoms with Gasteiger partial charge in [-0.2, -0.15) is 0 Å². The Labute approximate surface area is 176 Å². The van der Waals surface area contributed by atoms with Crippen LogP contribution in [-0.2, 0) is 11.3 Å². The Kier molecular flexibility index (Phi) is 6.23. The quantitative estimate of drug-likeness (QED) is 0.681. The Balaban J connectivity index is 1.29. The summed E-state index contributed by atoms with van der Waals surface area (Å²) in [6.07, 6.45) is 1.64. The second kappa shape index (κ2) is 9.39. The number of nitrogens with zero attached hydrogens (tertiary/aromatic N) is 3. The molecule has 0 bridgehead atoms. The Hall–Kier alpha value is -3.41. The second-order valence-corrected chi connectivity index (χ2v) is 7.47. The molecule has 0 spiro atoms. The Morgan fingerprint density at radius 1 is 1.00 bits per heavy atom. The SMILES string of the molecule is COc1ccc(-c2ccc(N3CCC(C(=O)NCc4ccccc4)CC3)nn2)cc1. The van der Waals surface area contributed by atoms with Gasteiger partial charge in [-0.05, 0) is 54.8 Å². The molecule has 3 aromatic rings. The maximum atomic E-state index is 12.5. The van der Waals surface area contributed by atoms with Crippen molar-refractivity contribution in [2.75, 3.05) is 25.1 Å². The molecular weight excluding hydrogens is 376 g/mol. The third-order valence-corrected chi connectivity index (χ3v) is 5.54. The number of ether oxygens (including phenoxy) is 1. The van der Waals surface area contributed by atoms with Gasteiger partial charge in [0.05, 0.1) is 12.8 Å². The monoisotopic (exact) mass is 402 g/mol. The van der Waals surface area contributed by atoms with Crippen LogP contribution in [0.1, 0.15) is 18.4 Å². The molecule has 1 amide bonds. The number of carbonyl (C=O) groups excluding carboxylic acids is 1. The standard InChI is InChI=1S/C24H26N4O2/c1-30-21-9-7-19(8-10-21)22-11-12-23(27-26-22)28-15-13-20(14-16-28)24(29)25-17-18-5-3-2-4-6-18/h2-12,20H,13-17H2,1H3,(H,25,29). The number of piperidine rings is 1. The van der Waals surface area contributed by atoms with Gasteiger partial charge in [0, 0.05) is 31.1 Å². The van der Waals surface area contributed by atoms with Crippen LogP contribution in [0, 0.1) is 5.92 Å². The van der Waals surface area contributed by atoms with Crippen LogP contribution in [0.25, 0.3) is 11.3 Å². The molecule has 0 aliphatic carbocycles. The first-order chi connectivity index (χ1) is 14.7. The van der Waals surface area contributed by atoms with Crippen molar-refractivity contribution in [3.05, 3.63) is 72.3 Å². The van der Waals surface area contributed by atoms with E-state index in [1.54, 1.807) is 7.11 Å². The van der Waals surface area contributed by atoms with Gasteiger partial charge in [-0.3, -0.25) is 4.79 Å². The largest absolute Gasteiger partial charge is 0.497 e. The van der Waals surface area contributed by atoms with Crippen LogP contribution in [0.2, 0.25) is 0 Å². The van der Waals surface area contributed by atoms with Crippen molar-refractivity contribution in [2.45, 2.75) is 19.4 Å². The summed E-state index contributed by atoms with van der Waals surface area (Å²) in [6.45, 7) is 2.19. The van der Waals surface area contributed by atoms with E-state index in [9.17, 15) is 4.79 Å². The molecule has 154 valence electrons. The molecule has 1 fully saturated rings. The predicted molar refractivity (Wildman–Crippen MR) is 117 cm³/mol. The summed E-state index contributed by atoms with van der Waals surface area (Å²) in [5.74, 6) is 1.87. The maximum absolute atomic E-state index is 12.5. The first kappa shape index (κ1) is 19.9. The number of aromatic nitrogens is 2. The van der Waals surface area contributed by atoms with E-state index in [0.29, 0.717) is 6.54 Å². The van der Waals surface area contributed by atoms with Gasteiger partial charge in [-0.15, -0.1) is 10.2 Å². The molecule has 1 aliphatic rings. The Morgan fingerprint density at radius 3 is 2.37 bits per heavy atom. The van der Waals surface area contributed by atoms with Crippen molar-refractivity contribution in [3.63, 3.8) is 0 Å². The van der Waals surface area contributed by atoms with Crippen molar-refractivity contribution in [1.29, 1.82) is 0 Å². The van der Waals surface area contributed by atoms with Gasteiger partial charge in [0.15, 0.2) is 5.82 Å². The maximum Gasteiger partial charge on any atom is 0.223 e. The highest BCUT2D eigenvalue weighted by molar-refractivity contribution is 5.79. The first-order valence-corrected chi connectivity index (χ1v) is 10.3. The van der Waals surface area contributed by atoms with E-state index in [1.807, 2.05) is 66.7 Å². The highest BCUT2D eigenvalue weighted by Crippen LogP contribution is 2.24. The highest BCUT2D eigenvalue weighted by atomic mass is 16.5. The van der Waals surface area contributed by atoms with Crippen LogP contribution < -0.4 is 15.0 Å². The Morgan fingerprint density at radius 2 is 1.73 bits per heavy atom. The molecule has 1 N–H and O–H groups in total. The molecule has 6 heteroatoms. The van der Waals surface area contributed by atoms with Gasteiger partial charge in [0.2, 0.25) is 5.91 Å². The van der Waals surface area contributed by atoms with Crippen LogP contribution >= 0.6 is 0 Å². The lowest BCUT2D eigenvalue weighted by atomic mass is 9.96. The molecule has 2 heterocycles. The average molecular weight is 402 g/mol. The van der Waals surface area contributed by atoms with Crippen LogP contribution in [-0.4, -0.2) is 36.3 Å². The average Bonchev–Trinajstić information content (AvgIpc) is 2.83. The zero-order chi connectivity index (χ0) is 20.8. The zero-order valence-corrected chi connectivity index (χ0v) is 17.1. The van der Waals surface area contributed by atoms with E-state index in [1.165, 1.54) is 0 Å². The summed E-state index contributed by atoms with van der Waals surface area (Å²) >= 11 is 0. The molecule has 0 saturated carbocycles. The van der Waals surface area contributed by atoms with Crippen molar-refractivity contribution in [1.82, 2.24) is 15.5 Å². The van der Waals surface area contributed by atoms with Crippen LogP contribution in [0.15, 0.2) is 66.7 Å². The van der Waals surface area contributed by atoms with E-state index in [0.717, 1.165) is 54.3 Å². The fourth-order valence-electron chi connectivity index (χ4n) is 3.71. The topological polar surface area (TPSA) is 67.3 Å². The summed E-state index contributed by atoms with van der Waals surface area (Å²) in [5.41, 5.74) is 2.95. The van der Waals surface area contributed by atoms with E-state index in [-0.39, 0.29) is 11.8 Å². The lowest BCUT2D eigenvalue weighted by molar-refractivity contribution is -0.125. The molecule has 4 rings (SSSR count). The third kappa shape index (κ3) is 4.76. The number of methoxy groups -OCH3 is 1. The smallest absolute Gasteiger partial charge is 0.223 e. The van der Waals surface area contributed by atoms with E-state index < -0.39 is 0 Å². The van der Waals surface area contributed by atoms with Gasteiger partial charge in [0.1, 0.15) is 5.75 Å². The molecule has 0 atom stereocenters. The van der Waals surface area contributed by atoms with E-state index in [4.69, 9.17) is 4.74 Å². The fraction of sp³-hybridized carbons (Fsp3) is 0.292. The van der Waals surface area contributed by atoms with E-state index in [2.05, 4.69) is 20.4 Å². The fourth-order valence-corrected chi connectivity index (χ4v) is 3.71. The number of hydrogen-bond donors (Lipinski definition) is 1. The molecule has 0 radical (unpaired) electrons. The molecule has 1 saturated heterocycles. The second-order valence-electron chi connectivity index (χ2n) is 7.47. The minimum atomic E-state index is 0.0523. The normalized spacial score (nSPS) is 14.4. The predicted octanol–water partition coefficient (Wildman–Crippen LogP) is 3.69. The summed E-state index contributed by atoms with van der Waals surface area (Å²) in [4.78, 5) is 14.7. The number of rotatable bonds is 6. The highest BCUT2D eigenvalue weighted by Gasteiger charge is 2.25. The summed E-state index contributed by atoms with van der Waals surface area (Å²) < 4.78 is 5.20. The molecule has 2 aromatic carbocycles. The molecule has 30 heavy (non-hydrogen) atoms. The van der Waals surface area contributed by atoms with Crippen LogP contribution in [0.4, 0.5) is 5.82 Å². The summed E-state index contributed by atoms with van der Waals surface area (Å²) in [7, 11) is 1.65. The minimum absolute atomic E-state index is 0.0523. The third-order valence-electron chi connectivity index (χ3n) is 5.54. The lowest BCUT2D eigenvalue weighted by Crippen LogP contribution is -2.40. The number of nitrogens with one attached hydrogen (secondary N) is 1. The van der Waals surface area contributed by atoms with Crippen molar-refractivity contribution in [3.8, 4) is 17.0 Å². The molecule has 1 aromatic heterocycles. The lowest BCUT2D eigenvalue weighted by Gasteiger charge is -2.31. The molecule has 6 nitrogen and oxygen atoms in total. The molecule has 1 aliphatic heterocycles. The molecule has 0 unspecified atom stereocenters. The molecular formula is C24H26N4O2. The van der Waals surface area contributed by atoms with E-state index >= 15 is 0 Å². The first-order valence-electron chi connectivity index (χ1n) is 10.3. The van der Waals surface area contributed by atoms with Crippen molar-refractivity contribution < 1.29 is 9.53 Å². The van der Waals surface area contributed by atoms with Crippen molar-refractivity contribution >= 4 is 11.7 Å². The van der Waals surface area contributed by atoms with Crippen molar-refractivity contribution in [2.24, 2.45) is 5.92 Å². The van der Waals surface area contributed by atoms with Crippen LogP contribution in [0.5, 0.6) is 5.75 Å². The van der Waals surface area contributed by atoms with Gasteiger partial charge in [0.25, 0.3) is 0 Å². The zero-order valence-electron chi connectivity index (χ0n) is 17.1. The summed E-state index contributed by atoms with van der Waals surface area (Å²) in [5, 5.41) is 11.9. The van der Waals surface area contributed by atoms with Gasteiger partial charge < -0.3 is 15.0 Å². The number of anilines is 1. The number of carbonyl (C=O) groups is 1. The van der Waals surface area contributed by atoms with Gasteiger partial charge >= 0.3 is 0 Å². The Bertz CT molecular complexity index is 951.